The van der Waals surface area contributed by atoms with Crippen LogP contribution in [-0.4, -0.2) is 36.7 Å². The van der Waals surface area contributed by atoms with Gasteiger partial charge in [-0.1, -0.05) is 18.2 Å². The Labute approximate surface area is 105 Å². The highest BCUT2D eigenvalue weighted by Gasteiger charge is 2.34. The maximum absolute atomic E-state index is 11.8. The van der Waals surface area contributed by atoms with E-state index in [9.17, 15) is 9.59 Å². The Bertz CT molecular complexity index is 432. The minimum Gasteiger partial charge on any atom is -0.468 e. The number of hydroxylamine groups is 2. The Hall–Kier alpha value is -1.88. The summed E-state index contributed by atoms with van der Waals surface area (Å²) < 4.78 is 4.68. The van der Waals surface area contributed by atoms with Gasteiger partial charge in [-0.2, -0.15) is 0 Å². The van der Waals surface area contributed by atoms with Gasteiger partial charge in [0, 0.05) is 6.54 Å². The highest BCUT2D eigenvalue weighted by atomic mass is 16.7. The van der Waals surface area contributed by atoms with Crippen molar-refractivity contribution >= 4 is 11.9 Å². The first kappa shape index (κ1) is 12.6. The molecule has 2 rings (SSSR count). The molecule has 1 aliphatic rings. The summed E-state index contributed by atoms with van der Waals surface area (Å²) in [5.41, 5.74) is 0.466. The van der Waals surface area contributed by atoms with Gasteiger partial charge in [-0.15, -0.1) is 5.06 Å². The Kier molecular flexibility index (Phi) is 3.94. The molecular weight excluding hydrogens is 234 g/mol. The second-order valence-electron chi connectivity index (χ2n) is 4.07. The van der Waals surface area contributed by atoms with Gasteiger partial charge in [0.1, 0.15) is 6.04 Å². The van der Waals surface area contributed by atoms with Gasteiger partial charge in [-0.3, -0.25) is 4.79 Å². The van der Waals surface area contributed by atoms with E-state index >= 15 is 0 Å². The molecule has 0 saturated carbocycles. The smallest absolute Gasteiger partial charge is 0.357 e. The van der Waals surface area contributed by atoms with Gasteiger partial charge in [0.05, 0.1) is 12.7 Å². The van der Waals surface area contributed by atoms with Crippen molar-refractivity contribution < 1.29 is 19.2 Å². The van der Waals surface area contributed by atoms with Crippen molar-refractivity contribution in [2.75, 3.05) is 13.7 Å². The monoisotopic (exact) mass is 249 g/mol. The van der Waals surface area contributed by atoms with Crippen molar-refractivity contribution in [2.24, 2.45) is 0 Å². The molecule has 0 N–H and O–H groups in total. The molecule has 18 heavy (non-hydrogen) atoms. The Morgan fingerprint density at radius 3 is 2.67 bits per heavy atom. The largest absolute Gasteiger partial charge is 0.468 e. The molecule has 0 bridgehead atoms. The Morgan fingerprint density at radius 2 is 2.00 bits per heavy atom. The molecular formula is C13H15NO4. The summed E-state index contributed by atoms with van der Waals surface area (Å²) in [6, 6.07) is 8.21. The van der Waals surface area contributed by atoms with E-state index in [2.05, 4.69) is 4.74 Å². The van der Waals surface area contributed by atoms with Crippen molar-refractivity contribution in [3.05, 3.63) is 35.9 Å². The van der Waals surface area contributed by atoms with E-state index in [0.717, 1.165) is 6.42 Å². The van der Waals surface area contributed by atoms with Crippen LogP contribution >= 0.6 is 0 Å². The predicted octanol–water partition coefficient (Wildman–Crippen LogP) is 1.40. The van der Waals surface area contributed by atoms with Gasteiger partial charge >= 0.3 is 11.9 Å². The molecule has 0 aromatic heterocycles. The van der Waals surface area contributed by atoms with E-state index in [0.29, 0.717) is 18.5 Å². The zero-order chi connectivity index (χ0) is 13.0. The van der Waals surface area contributed by atoms with Crippen LogP contribution in [-0.2, 0) is 14.4 Å². The second kappa shape index (κ2) is 5.64. The zero-order valence-electron chi connectivity index (χ0n) is 10.2. The molecule has 96 valence electrons. The number of hydrogen-bond donors (Lipinski definition) is 0. The number of carbonyl (C=O) groups excluding carboxylic acids is 2. The van der Waals surface area contributed by atoms with Crippen LogP contribution in [0.25, 0.3) is 0 Å². The van der Waals surface area contributed by atoms with Gasteiger partial charge in [-0.25, -0.2) is 4.79 Å². The quantitative estimate of drug-likeness (QED) is 0.758. The van der Waals surface area contributed by atoms with Gasteiger partial charge in [0.15, 0.2) is 0 Å². The number of rotatable bonds is 3. The standard InChI is InChI=1S/C13H15NO4/c1-17-13(16)11-8-5-9-14(11)18-12(15)10-6-3-2-4-7-10/h2-4,6-7,11H,5,8-9H2,1H3/t11-/m1/s1. The molecule has 0 unspecified atom stereocenters. The summed E-state index contributed by atoms with van der Waals surface area (Å²) in [5, 5.41) is 1.40. The summed E-state index contributed by atoms with van der Waals surface area (Å²) in [7, 11) is 1.33. The number of esters is 1. The van der Waals surface area contributed by atoms with Gasteiger partial charge in [0.2, 0.25) is 0 Å². The Morgan fingerprint density at radius 1 is 1.28 bits per heavy atom. The first-order valence-corrected chi connectivity index (χ1v) is 5.84. The third-order valence-electron chi connectivity index (χ3n) is 2.89. The first-order valence-electron chi connectivity index (χ1n) is 5.84. The fourth-order valence-corrected chi connectivity index (χ4v) is 1.95. The molecule has 1 atom stereocenters. The van der Waals surface area contributed by atoms with Crippen LogP contribution in [0.3, 0.4) is 0 Å². The normalized spacial score (nSPS) is 19.5. The van der Waals surface area contributed by atoms with Crippen molar-refractivity contribution in [3.8, 4) is 0 Å². The molecule has 5 nitrogen and oxygen atoms in total. The number of ether oxygens (including phenoxy) is 1. The third-order valence-corrected chi connectivity index (χ3v) is 2.89. The average molecular weight is 249 g/mol. The molecule has 1 saturated heterocycles. The molecule has 0 aliphatic carbocycles. The van der Waals surface area contributed by atoms with Crippen LogP contribution in [0.2, 0.25) is 0 Å². The predicted molar refractivity (Wildman–Crippen MR) is 63.6 cm³/mol. The maximum atomic E-state index is 11.8. The van der Waals surface area contributed by atoms with Crippen LogP contribution < -0.4 is 0 Å². The van der Waals surface area contributed by atoms with Crippen molar-refractivity contribution in [2.45, 2.75) is 18.9 Å². The number of hydrogen-bond acceptors (Lipinski definition) is 5. The summed E-state index contributed by atoms with van der Waals surface area (Å²) >= 11 is 0. The van der Waals surface area contributed by atoms with E-state index in [4.69, 9.17) is 4.84 Å². The van der Waals surface area contributed by atoms with E-state index in [1.807, 2.05) is 6.07 Å². The molecule has 0 amide bonds. The molecule has 0 spiro atoms. The third kappa shape index (κ3) is 2.68. The van der Waals surface area contributed by atoms with Crippen LogP contribution in [0.4, 0.5) is 0 Å². The number of nitrogens with zero attached hydrogens (tertiary/aromatic N) is 1. The van der Waals surface area contributed by atoms with Crippen molar-refractivity contribution in [1.29, 1.82) is 0 Å². The van der Waals surface area contributed by atoms with Crippen LogP contribution in [0.5, 0.6) is 0 Å². The number of methoxy groups -OCH3 is 1. The molecule has 0 radical (unpaired) electrons. The van der Waals surface area contributed by atoms with E-state index in [-0.39, 0.29) is 5.97 Å². The lowest BCUT2D eigenvalue weighted by Crippen LogP contribution is -2.38. The summed E-state index contributed by atoms with van der Waals surface area (Å²) in [5.74, 6) is -0.820. The zero-order valence-corrected chi connectivity index (χ0v) is 10.2. The van der Waals surface area contributed by atoms with Crippen LogP contribution in [0.1, 0.15) is 23.2 Å². The minimum atomic E-state index is -0.484. The molecule has 1 aromatic carbocycles. The Balaban J connectivity index is 2.01. The lowest BCUT2D eigenvalue weighted by Gasteiger charge is -2.20. The second-order valence-corrected chi connectivity index (χ2v) is 4.07. The first-order chi connectivity index (χ1) is 8.72. The van der Waals surface area contributed by atoms with E-state index in [1.54, 1.807) is 24.3 Å². The molecule has 1 aliphatic heterocycles. The van der Waals surface area contributed by atoms with Gasteiger partial charge in [0.25, 0.3) is 0 Å². The van der Waals surface area contributed by atoms with E-state index in [1.165, 1.54) is 12.2 Å². The fourth-order valence-electron chi connectivity index (χ4n) is 1.95. The average Bonchev–Trinajstić information content (AvgIpc) is 2.87. The highest BCUT2D eigenvalue weighted by molar-refractivity contribution is 5.89. The molecule has 1 heterocycles. The summed E-state index contributed by atoms with van der Waals surface area (Å²) in [6.07, 6.45) is 1.45. The van der Waals surface area contributed by atoms with E-state index < -0.39 is 12.0 Å². The lowest BCUT2D eigenvalue weighted by molar-refractivity contribution is -0.166. The fraction of sp³-hybridized carbons (Fsp3) is 0.385. The minimum absolute atomic E-state index is 0.367. The van der Waals surface area contributed by atoms with Crippen LogP contribution in [0.15, 0.2) is 30.3 Å². The van der Waals surface area contributed by atoms with Gasteiger partial charge < -0.3 is 9.57 Å². The lowest BCUT2D eigenvalue weighted by atomic mass is 10.2. The van der Waals surface area contributed by atoms with Crippen molar-refractivity contribution in [1.82, 2.24) is 5.06 Å². The van der Waals surface area contributed by atoms with Crippen LogP contribution in [0, 0.1) is 0 Å². The maximum Gasteiger partial charge on any atom is 0.357 e. The molecule has 1 fully saturated rings. The summed E-state index contributed by atoms with van der Waals surface area (Å²) in [4.78, 5) is 28.6. The topological polar surface area (TPSA) is 55.8 Å². The van der Waals surface area contributed by atoms with Crippen molar-refractivity contribution in [3.63, 3.8) is 0 Å². The highest BCUT2D eigenvalue weighted by Crippen LogP contribution is 2.19. The van der Waals surface area contributed by atoms with Gasteiger partial charge in [-0.05, 0) is 25.0 Å². The SMILES string of the molecule is COC(=O)[C@H]1CCCN1OC(=O)c1ccccc1. The number of benzene rings is 1. The molecule has 1 aromatic rings. The number of carbonyl (C=O) groups is 2. The molecule has 5 heteroatoms. The summed E-state index contributed by atoms with van der Waals surface area (Å²) in [6.45, 7) is 0.554.